The zero-order valence-corrected chi connectivity index (χ0v) is 22.9. The molecule has 0 bridgehead atoms. The van der Waals surface area contributed by atoms with Gasteiger partial charge in [-0.05, 0) is 57.3 Å². The third-order valence-corrected chi connectivity index (χ3v) is 9.44. The van der Waals surface area contributed by atoms with Gasteiger partial charge < -0.3 is 5.11 Å². The molecule has 1 N–H and O–H groups in total. The van der Waals surface area contributed by atoms with Crippen LogP contribution in [0.2, 0.25) is 0 Å². The van der Waals surface area contributed by atoms with E-state index >= 15 is 0 Å². The Morgan fingerprint density at radius 1 is 0.850 bits per heavy atom. The number of ketones is 2. The molecule has 198 valence electrons. The highest BCUT2D eigenvalue weighted by atomic mass is 79.9. The Bertz CT molecular complexity index is 1750. The number of benzene rings is 3. The molecule has 0 aromatic heterocycles. The van der Waals surface area contributed by atoms with E-state index in [1.165, 1.54) is 11.0 Å². The summed E-state index contributed by atoms with van der Waals surface area (Å²) in [4.78, 5) is 55.8. The van der Waals surface area contributed by atoms with Crippen molar-refractivity contribution < 1.29 is 24.3 Å². The zero-order chi connectivity index (χ0) is 27.7. The lowest BCUT2D eigenvalue weighted by atomic mass is 9.59. The van der Waals surface area contributed by atoms with Crippen LogP contribution >= 0.6 is 15.9 Å². The molecule has 1 heterocycles. The Balaban J connectivity index is 1.38. The Labute approximate surface area is 238 Å². The van der Waals surface area contributed by atoms with Crippen LogP contribution in [-0.2, 0) is 25.7 Å². The highest BCUT2D eigenvalue weighted by Crippen LogP contribution is 2.56. The largest absolute Gasteiger partial charge is 0.507 e. The van der Waals surface area contributed by atoms with Gasteiger partial charge in [0.15, 0.2) is 11.6 Å². The van der Waals surface area contributed by atoms with Gasteiger partial charge in [0, 0.05) is 28.5 Å². The number of Topliss-reactive ketones (excluding diaryl/α,β-unsaturated/α-hetero) is 1. The van der Waals surface area contributed by atoms with Gasteiger partial charge in [-0.15, -0.1) is 0 Å². The van der Waals surface area contributed by atoms with Crippen LogP contribution in [0, 0.1) is 17.8 Å². The lowest BCUT2D eigenvalue weighted by molar-refractivity contribution is -0.140. The van der Waals surface area contributed by atoms with E-state index < -0.39 is 23.7 Å². The number of halogens is 1. The minimum atomic E-state index is -0.608. The van der Waals surface area contributed by atoms with Crippen molar-refractivity contribution in [1.29, 1.82) is 0 Å². The molecule has 4 unspecified atom stereocenters. The van der Waals surface area contributed by atoms with Crippen LogP contribution in [0.25, 0.3) is 10.8 Å². The summed E-state index contributed by atoms with van der Waals surface area (Å²) in [5.41, 5.74) is 3.38. The van der Waals surface area contributed by atoms with Gasteiger partial charge in [-0.3, -0.25) is 24.1 Å². The zero-order valence-electron chi connectivity index (χ0n) is 21.3. The molecule has 7 heteroatoms. The van der Waals surface area contributed by atoms with Crippen LogP contribution in [0.3, 0.4) is 0 Å². The number of fused-ring (bicyclic) bond motifs is 4. The average Bonchev–Trinajstić information content (AvgIpc) is 3.21. The molecule has 3 aliphatic carbocycles. The number of amides is 2. The summed E-state index contributed by atoms with van der Waals surface area (Å²) < 4.78 is 0.199. The first-order valence-corrected chi connectivity index (χ1v) is 14.1. The molecule has 0 spiro atoms. The topological polar surface area (TPSA) is 91.8 Å². The maximum atomic E-state index is 13.9. The van der Waals surface area contributed by atoms with Crippen molar-refractivity contribution in [1.82, 2.24) is 4.90 Å². The molecule has 3 aromatic rings. The van der Waals surface area contributed by atoms with Crippen LogP contribution in [0.4, 0.5) is 0 Å². The summed E-state index contributed by atoms with van der Waals surface area (Å²) in [6, 6.07) is 20.3. The van der Waals surface area contributed by atoms with Crippen LogP contribution in [0.1, 0.15) is 29.9 Å². The number of hydrogen-bond acceptors (Lipinski definition) is 5. The quantitative estimate of drug-likeness (QED) is 0.246. The first-order chi connectivity index (χ1) is 19.3. The second-order valence-electron chi connectivity index (χ2n) is 10.9. The van der Waals surface area contributed by atoms with Crippen LogP contribution < -0.4 is 0 Å². The van der Waals surface area contributed by atoms with E-state index in [0.717, 1.165) is 22.1 Å². The number of hydrogen-bond donors (Lipinski definition) is 1. The Morgan fingerprint density at radius 2 is 1.57 bits per heavy atom. The molecule has 6 nitrogen and oxygen atoms in total. The maximum absolute atomic E-state index is 13.9. The Hall–Kier alpha value is -4.10. The predicted molar refractivity (Wildman–Crippen MR) is 152 cm³/mol. The van der Waals surface area contributed by atoms with E-state index in [-0.39, 0.29) is 46.6 Å². The van der Waals surface area contributed by atoms with Crippen LogP contribution in [-0.4, -0.2) is 33.4 Å². The standard InChI is InChI=1S/C33H24BrNO5/c34-25-15-27(37)30-24(31(25)38)14-23-21(28(30)20-12-13-26(36)19-9-5-4-8-18(19)20)10-11-22-29(23)33(40)35(32(22)39)16-17-6-2-1-3-7-17/h1-10,12-13,15,22-23,28-29,36H,11,14,16H2. The molecular formula is C33H24BrNO5. The van der Waals surface area contributed by atoms with E-state index in [1.807, 2.05) is 60.7 Å². The van der Waals surface area contributed by atoms with Crippen molar-refractivity contribution in [2.24, 2.45) is 17.8 Å². The Morgan fingerprint density at radius 3 is 2.35 bits per heavy atom. The minimum Gasteiger partial charge on any atom is -0.507 e. The molecule has 4 aliphatic rings. The number of likely N-dealkylation sites (tertiary alicyclic amines) is 1. The number of allylic oxidation sites excluding steroid dienone is 6. The molecule has 1 saturated heterocycles. The van der Waals surface area contributed by atoms with Crippen molar-refractivity contribution in [2.75, 3.05) is 0 Å². The monoisotopic (exact) mass is 593 g/mol. The smallest absolute Gasteiger partial charge is 0.234 e. The van der Waals surface area contributed by atoms with E-state index in [2.05, 4.69) is 15.9 Å². The normalized spacial score (nSPS) is 26.0. The molecule has 3 aromatic carbocycles. The average molecular weight is 594 g/mol. The highest BCUT2D eigenvalue weighted by molar-refractivity contribution is 9.12. The number of imide groups is 1. The number of phenols is 1. The highest BCUT2D eigenvalue weighted by Gasteiger charge is 2.56. The van der Waals surface area contributed by atoms with Gasteiger partial charge >= 0.3 is 0 Å². The van der Waals surface area contributed by atoms with Crippen molar-refractivity contribution in [2.45, 2.75) is 25.3 Å². The van der Waals surface area contributed by atoms with E-state index in [9.17, 15) is 24.3 Å². The van der Waals surface area contributed by atoms with Gasteiger partial charge in [-0.1, -0.05) is 72.3 Å². The molecule has 40 heavy (non-hydrogen) atoms. The summed E-state index contributed by atoms with van der Waals surface area (Å²) in [7, 11) is 0. The van der Waals surface area contributed by atoms with Crippen molar-refractivity contribution >= 4 is 50.1 Å². The summed E-state index contributed by atoms with van der Waals surface area (Å²) in [5.74, 6) is -2.88. The first-order valence-electron chi connectivity index (χ1n) is 13.3. The van der Waals surface area contributed by atoms with Gasteiger partial charge in [0.25, 0.3) is 0 Å². The fourth-order valence-electron chi connectivity index (χ4n) is 7.11. The molecule has 2 amide bonds. The van der Waals surface area contributed by atoms with E-state index in [1.54, 1.807) is 12.1 Å². The molecule has 1 fully saturated rings. The number of nitrogens with zero attached hydrogens (tertiary/aromatic N) is 1. The van der Waals surface area contributed by atoms with Gasteiger partial charge in [0.2, 0.25) is 11.8 Å². The molecule has 1 aliphatic heterocycles. The lowest BCUT2D eigenvalue weighted by Gasteiger charge is -2.42. The third-order valence-electron chi connectivity index (χ3n) is 8.85. The number of phenolic OH excluding ortho intramolecular Hbond substituents is 1. The minimum absolute atomic E-state index is 0.125. The van der Waals surface area contributed by atoms with Crippen molar-refractivity contribution in [3.63, 3.8) is 0 Å². The van der Waals surface area contributed by atoms with Gasteiger partial charge in [-0.25, -0.2) is 0 Å². The van der Waals surface area contributed by atoms with Crippen LogP contribution in [0.15, 0.2) is 100 Å². The van der Waals surface area contributed by atoms with Crippen LogP contribution in [0.5, 0.6) is 5.75 Å². The number of carbonyl (C=O) groups is 4. The first kappa shape index (κ1) is 24.9. The summed E-state index contributed by atoms with van der Waals surface area (Å²) in [6.45, 7) is 0.208. The number of aromatic hydroxyl groups is 1. The second kappa shape index (κ2) is 9.24. The summed E-state index contributed by atoms with van der Waals surface area (Å²) in [6.07, 6.45) is 3.96. The maximum Gasteiger partial charge on any atom is 0.234 e. The summed E-state index contributed by atoms with van der Waals surface area (Å²) >= 11 is 3.27. The fourth-order valence-corrected chi connectivity index (χ4v) is 7.55. The van der Waals surface area contributed by atoms with Gasteiger partial charge in [0.1, 0.15) is 5.75 Å². The number of carbonyl (C=O) groups excluding carboxylic acids is 4. The fraction of sp³-hybridized carbons (Fsp3) is 0.212. The Kier molecular flexibility index (Phi) is 5.75. The molecule has 7 rings (SSSR count). The molecule has 4 atom stereocenters. The molecule has 0 saturated carbocycles. The predicted octanol–water partition coefficient (Wildman–Crippen LogP) is 5.51. The van der Waals surface area contributed by atoms with Gasteiger partial charge in [-0.2, -0.15) is 0 Å². The third kappa shape index (κ3) is 3.60. The second-order valence-corrected chi connectivity index (χ2v) is 11.7. The van der Waals surface area contributed by atoms with Crippen molar-refractivity contribution in [3.8, 4) is 5.75 Å². The van der Waals surface area contributed by atoms with Gasteiger partial charge in [0.05, 0.1) is 22.9 Å². The van der Waals surface area contributed by atoms with Crippen molar-refractivity contribution in [3.05, 3.63) is 111 Å². The SMILES string of the molecule is O=C1C=C(Br)C(=O)C2=C1C(c1ccc(O)c3ccccc13)C1=CCC3C(=O)N(Cc4ccccc4)C(=O)C3C1C2. The van der Waals surface area contributed by atoms with E-state index in [4.69, 9.17) is 0 Å². The lowest BCUT2D eigenvalue weighted by Crippen LogP contribution is -2.39. The molecule has 0 radical (unpaired) electrons. The molecular weight excluding hydrogens is 570 g/mol. The number of rotatable bonds is 3. The summed E-state index contributed by atoms with van der Waals surface area (Å²) in [5, 5.41) is 12.0. The van der Waals surface area contributed by atoms with E-state index in [0.29, 0.717) is 23.0 Å².